The Labute approximate surface area is 125 Å². The quantitative estimate of drug-likeness (QED) is 0.528. The standard InChI is InChI=1S/C12H10N2O3.Na/c1-13-14-10-6-9(12(16)17)11(15)8-5-3-2-4-7(8)10;/h2-6,15H,1H3,(H,16,17);/q;+1/p-1. The van der Waals surface area contributed by atoms with E-state index < -0.39 is 5.97 Å². The Kier molecular flexibility index (Phi) is 4.84. The van der Waals surface area contributed by atoms with Gasteiger partial charge < -0.3 is 15.0 Å². The van der Waals surface area contributed by atoms with Crippen molar-refractivity contribution in [2.75, 3.05) is 7.05 Å². The number of hydrogen-bond acceptors (Lipinski definition) is 5. The monoisotopic (exact) mass is 252 g/mol. The maximum atomic E-state index is 10.9. The first kappa shape index (κ1) is 14.6. The van der Waals surface area contributed by atoms with Crippen LogP contribution >= 0.6 is 0 Å². The van der Waals surface area contributed by atoms with Gasteiger partial charge in [-0.3, -0.25) is 0 Å². The van der Waals surface area contributed by atoms with Crippen LogP contribution in [-0.2, 0) is 0 Å². The fraction of sp³-hybridized carbons (Fsp3) is 0.0833. The van der Waals surface area contributed by atoms with Crippen LogP contribution in [0.4, 0.5) is 5.69 Å². The van der Waals surface area contributed by atoms with Crippen LogP contribution in [0.2, 0.25) is 0 Å². The van der Waals surface area contributed by atoms with E-state index in [-0.39, 0.29) is 40.9 Å². The zero-order valence-electron chi connectivity index (χ0n) is 10.0. The summed E-state index contributed by atoms with van der Waals surface area (Å²) in [7, 11) is 1.49. The molecule has 0 fully saturated rings. The molecule has 18 heavy (non-hydrogen) atoms. The minimum atomic E-state index is -1.44. The summed E-state index contributed by atoms with van der Waals surface area (Å²) in [5.74, 6) is -1.75. The van der Waals surface area contributed by atoms with Gasteiger partial charge in [0.1, 0.15) is 5.75 Å². The third-order valence-corrected chi connectivity index (χ3v) is 2.42. The molecule has 0 aromatic heterocycles. The molecule has 2 rings (SSSR count). The van der Waals surface area contributed by atoms with Crippen LogP contribution in [0.3, 0.4) is 0 Å². The predicted octanol–water partition coefficient (Wildman–Crippen LogP) is -1.37. The van der Waals surface area contributed by atoms with Crippen LogP contribution in [0, 0.1) is 0 Å². The Morgan fingerprint density at radius 3 is 2.44 bits per heavy atom. The summed E-state index contributed by atoms with van der Waals surface area (Å²) in [5, 5.41) is 29.2. The van der Waals surface area contributed by atoms with Crippen LogP contribution in [0.15, 0.2) is 40.6 Å². The number of rotatable bonds is 2. The number of aromatic carboxylic acids is 1. The number of azo groups is 1. The number of nitrogens with zero attached hydrogens (tertiary/aromatic N) is 2. The maximum Gasteiger partial charge on any atom is 1.00 e. The molecule has 0 unspecified atom stereocenters. The molecule has 0 heterocycles. The van der Waals surface area contributed by atoms with Crippen molar-refractivity contribution in [1.82, 2.24) is 0 Å². The molecule has 0 aliphatic heterocycles. The van der Waals surface area contributed by atoms with Crippen LogP contribution in [-0.4, -0.2) is 18.1 Å². The molecule has 0 bridgehead atoms. The third kappa shape index (κ3) is 2.53. The Morgan fingerprint density at radius 2 is 1.89 bits per heavy atom. The Morgan fingerprint density at radius 1 is 1.28 bits per heavy atom. The number of carboxylic acid groups (broad SMARTS) is 1. The van der Waals surface area contributed by atoms with Gasteiger partial charge in [0.25, 0.3) is 0 Å². The van der Waals surface area contributed by atoms with E-state index in [9.17, 15) is 15.0 Å². The summed E-state index contributed by atoms with van der Waals surface area (Å²) >= 11 is 0. The maximum absolute atomic E-state index is 10.9. The van der Waals surface area contributed by atoms with Gasteiger partial charge in [0.2, 0.25) is 0 Å². The Balaban J connectivity index is 0.00000162. The third-order valence-electron chi connectivity index (χ3n) is 2.42. The molecule has 5 nitrogen and oxygen atoms in total. The molecule has 0 spiro atoms. The topological polar surface area (TPSA) is 85.1 Å². The van der Waals surface area contributed by atoms with Crippen molar-refractivity contribution in [3.8, 4) is 5.75 Å². The SMILES string of the molecule is CN=Nc1cc(C(=O)[O-])c(O)c2ccccc12.[Na+]. The molecule has 0 amide bonds. The predicted molar refractivity (Wildman–Crippen MR) is 60.4 cm³/mol. The average Bonchev–Trinajstić information content (AvgIpc) is 2.33. The van der Waals surface area contributed by atoms with Gasteiger partial charge in [-0.2, -0.15) is 10.2 Å². The molecule has 0 saturated carbocycles. The van der Waals surface area contributed by atoms with Gasteiger partial charge in [-0.05, 0) is 6.07 Å². The van der Waals surface area contributed by atoms with E-state index in [1.165, 1.54) is 13.1 Å². The minimum Gasteiger partial charge on any atom is -0.545 e. The van der Waals surface area contributed by atoms with Crippen molar-refractivity contribution >= 4 is 22.4 Å². The fourth-order valence-electron chi connectivity index (χ4n) is 1.69. The summed E-state index contributed by atoms with van der Waals surface area (Å²) in [4.78, 5) is 10.9. The zero-order chi connectivity index (χ0) is 12.4. The molecular weight excluding hydrogens is 243 g/mol. The van der Waals surface area contributed by atoms with Crippen molar-refractivity contribution in [3.63, 3.8) is 0 Å². The summed E-state index contributed by atoms with van der Waals surface area (Å²) in [6.45, 7) is 0. The van der Waals surface area contributed by atoms with Crippen LogP contribution in [0.25, 0.3) is 10.8 Å². The summed E-state index contributed by atoms with van der Waals surface area (Å²) in [5.41, 5.74) is 0.103. The number of phenols is 1. The van der Waals surface area contributed by atoms with Crippen molar-refractivity contribution in [2.24, 2.45) is 10.2 Å². The molecule has 1 N–H and O–H groups in total. The first-order chi connectivity index (χ1) is 8.15. The molecule has 0 atom stereocenters. The van der Waals surface area contributed by atoms with Gasteiger partial charge >= 0.3 is 29.6 Å². The molecule has 0 saturated heterocycles. The van der Waals surface area contributed by atoms with Crippen molar-refractivity contribution in [3.05, 3.63) is 35.9 Å². The van der Waals surface area contributed by atoms with Crippen LogP contribution < -0.4 is 34.7 Å². The number of carboxylic acids is 1. The number of fused-ring (bicyclic) bond motifs is 1. The van der Waals surface area contributed by atoms with E-state index in [0.717, 1.165) is 0 Å². The van der Waals surface area contributed by atoms with E-state index >= 15 is 0 Å². The average molecular weight is 252 g/mol. The normalized spacial score (nSPS) is 10.5. The summed E-state index contributed by atoms with van der Waals surface area (Å²) in [6.07, 6.45) is 0. The van der Waals surface area contributed by atoms with Gasteiger partial charge in [-0.25, -0.2) is 0 Å². The van der Waals surface area contributed by atoms with Gasteiger partial charge in [0, 0.05) is 23.4 Å². The van der Waals surface area contributed by atoms with Crippen LogP contribution in [0.5, 0.6) is 5.75 Å². The van der Waals surface area contributed by atoms with Gasteiger partial charge in [0.15, 0.2) is 0 Å². The second kappa shape index (κ2) is 5.95. The zero-order valence-corrected chi connectivity index (χ0v) is 12.0. The molecule has 2 aromatic rings. The van der Waals surface area contributed by atoms with Gasteiger partial charge in [-0.15, -0.1) is 0 Å². The first-order valence-corrected chi connectivity index (χ1v) is 4.91. The molecule has 0 aliphatic carbocycles. The number of hydrogen-bond donors (Lipinski definition) is 1. The summed E-state index contributed by atoms with van der Waals surface area (Å²) in [6, 6.07) is 8.08. The van der Waals surface area contributed by atoms with E-state index in [0.29, 0.717) is 16.5 Å². The summed E-state index contributed by atoms with van der Waals surface area (Å²) < 4.78 is 0. The second-order valence-electron chi connectivity index (χ2n) is 3.42. The van der Waals surface area contributed by atoms with Crippen molar-refractivity contribution < 1.29 is 44.6 Å². The molecule has 6 heteroatoms. The largest absolute Gasteiger partial charge is 1.00 e. The number of carbonyl (C=O) groups excluding carboxylic acids is 1. The number of aromatic hydroxyl groups is 1. The molecule has 0 aliphatic rings. The van der Waals surface area contributed by atoms with Crippen molar-refractivity contribution in [2.45, 2.75) is 0 Å². The van der Waals surface area contributed by atoms with Gasteiger partial charge in [-0.1, -0.05) is 24.3 Å². The molecular formula is C12H9N2NaO3. The number of carbonyl (C=O) groups is 1. The van der Waals surface area contributed by atoms with Crippen LogP contribution in [0.1, 0.15) is 10.4 Å². The Bertz CT molecular complexity index is 626. The van der Waals surface area contributed by atoms with E-state index in [2.05, 4.69) is 10.2 Å². The molecule has 86 valence electrons. The second-order valence-corrected chi connectivity index (χ2v) is 3.42. The minimum absolute atomic E-state index is 0. The molecule has 2 aromatic carbocycles. The Hall–Kier alpha value is -1.43. The first-order valence-electron chi connectivity index (χ1n) is 4.91. The van der Waals surface area contributed by atoms with E-state index in [4.69, 9.17) is 0 Å². The number of benzene rings is 2. The van der Waals surface area contributed by atoms with E-state index in [1.807, 2.05) is 0 Å². The molecule has 0 radical (unpaired) electrons. The fourth-order valence-corrected chi connectivity index (χ4v) is 1.69. The van der Waals surface area contributed by atoms with Crippen molar-refractivity contribution in [1.29, 1.82) is 0 Å². The van der Waals surface area contributed by atoms with Gasteiger partial charge in [0.05, 0.1) is 11.7 Å². The smallest absolute Gasteiger partial charge is 0.545 e. The van der Waals surface area contributed by atoms with E-state index in [1.54, 1.807) is 24.3 Å².